The van der Waals surface area contributed by atoms with Crippen molar-refractivity contribution >= 4 is 56.5 Å². The van der Waals surface area contributed by atoms with E-state index in [-0.39, 0.29) is 10.6 Å². The van der Waals surface area contributed by atoms with E-state index in [4.69, 9.17) is 46.6 Å². The first-order valence-electron chi connectivity index (χ1n) is 20.0. The molecule has 2 N–H and O–H groups in total. The van der Waals surface area contributed by atoms with Crippen LogP contribution in [0.3, 0.4) is 0 Å². The molecule has 2 aromatic carbocycles. The number of hydrogen-bond donors (Lipinski definition) is 2. The van der Waals surface area contributed by atoms with Gasteiger partial charge >= 0.3 is 11.6 Å². The third kappa shape index (κ3) is 15.0. The van der Waals surface area contributed by atoms with Crippen molar-refractivity contribution in [3.63, 3.8) is 0 Å². The lowest BCUT2D eigenvalue weighted by atomic mass is 9.90. The number of phenols is 1. The zero-order valence-corrected chi connectivity index (χ0v) is 36.6. The minimum atomic E-state index is -3.13. The van der Waals surface area contributed by atoms with Crippen LogP contribution in [0.1, 0.15) is 56.9 Å². The summed E-state index contributed by atoms with van der Waals surface area (Å²) in [6.45, 7) is 7.46. The van der Waals surface area contributed by atoms with Gasteiger partial charge in [-0.3, -0.25) is 0 Å². The molecule has 2 aliphatic carbocycles. The second-order valence-electron chi connectivity index (χ2n) is 15.7. The van der Waals surface area contributed by atoms with Gasteiger partial charge in [0, 0.05) is 39.0 Å². The quantitative estimate of drug-likeness (QED) is 0.154. The Labute approximate surface area is 361 Å². The van der Waals surface area contributed by atoms with E-state index in [1.807, 2.05) is 0 Å². The standard InChI is InChI=1S/C21H26ClN3O.C14H20ClN3O.C7H8O3S.O2S/c1-15-2-4-19(5-3-15)26-11-8-17-12-20(17)16-6-9-25(10-7-16)21-23-13-18(22)14-24-21;15-12-8-16-14(17-9-12)18-4-1-10(2-5-18)13-7-11(13)3-6-19;1-11(9,10)7-4-2-6(8)3-5-7;1-3-2/h2-5,13-14,16-17,20H,6-12H2,1H3;8-11,13,19H,1-7H2;2-5,8H,1H3;. The van der Waals surface area contributed by atoms with Gasteiger partial charge in [-0.2, -0.15) is 8.42 Å². The lowest BCUT2D eigenvalue weighted by Crippen LogP contribution is -2.35. The number of hydrogen-bond acceptors (Lipinski definition) is 13. The van der Waals surface area contributed by atoms with E-state index in [1.54, 1.807) is 24.8 Å². The summed E-state index contributed by atoms with van der Waals surface area (Å²) in [5.74, 6) is 7.74. The average molecular weight is 890 g/mol. The molecule has 2 aromatic heterocycles. The highest BCUT2D eigenvalue weighted by Gasteiger charge is 2.44. The lowest BCUT2D eigenvalue weighted by molar-refractivity contribution is 0.266. The fourth-order valence-corrected chi connectivity index (χ4v) is 9.00. The number of sulfone groups is 1. The van der Waals surface area contributed by atoms with Crippen molar-refractivity contribution in [2.45, 2.75) is 63.2 Å². The Morgan fingerprint density at radius 1 is 0.729 bits per heavy atom. The molecule has 8 rings (SSSR count). The third-order valence-corrected chi connectivity index (χ3v) is 13.1. The van der Waals surface area contributed by atoms with Gasteiger partial charge in [-0.1, -0.05) is 40.9 Å². The molecule has 2 aliphatic heterocycles. The molecular formula is C42H54Cl2N6O7S2. The zero-order valence-electron chi connectivity index (χ0n) is 33.5. The number of nitrogens with zero attached hydrogens (tertiary/aromatic N) is 6. The maximum atomic E-state index is 10.9. The van der Waals surface area contributed by atoms with Gasteiger partial charge in [-0.15, -0.1) is 0 Å². The Morgan fingerprint density at radius 2 is 1.15 bits per heavy atom. The smallest absolute Gasteiger partial charge is 0.335 e. The number of phenolic OH excluding ortho intramolecular Hbond substituents is 1. The fourth-order valence-electron chi connectivity index (χ4n) is 8.18. The van der Waals surface area contributed by atoms with Crippen molar-refractivity contribution in [1.82, 2.24) is 19.9 Å². The SMILES string of the molecule is CS(=O)(=O)c1ccc(O)cc1.Cc1ccc(OCCC2CC2C2CCN(c3ncc(Cl)cn3)CC2)cc1.O=S=O.OCCC1CC1C1CCN(c2ncc(Cl)cn2)CC1. The molecule has 13 nitrogen and oxygen atoms in total. The van der Waals surface area contributed by atoms with Crippen LogP contribution in [0, 0.1) is 42.4 Å². The van der Waals surface area contributed by atoms with Crippen LogP contribution in [0.15, 0.2) is 78.2 Å². The lowest BCUT2D eigenvalue weighted by Gasteiger charge is -2.32. The largest absolute Gasteiger partial charge is 0.508 e. The van der Waals surface area contributed by atoms with Gasteiger partial charge < -0.3 is 24.7 Å². The maximum Gasteiger partial charge on any atom is 0.335 e. The Balaban J connectivity index is 0.000000175. The van der Waals surface area contributed by atoms with E-state index in [2.05, 4.69) is 60.9 Å². The Bertz CT molecular complexity index is 2010. The molecule has 0 spiro atoms. The van der Waals surface area contributed by atoms with E-state index in [1.165, 1.54) is 74.8 Å². The molecule has 4 aliphatic rings. The molecule has 4 unspecified atom stereocenters. The van der Waals surface area contributed by atoms with E-state index in [0.717, 1.165) is 98.6 Å². The van der Waals surface area contributed by atoms with E-state index < -0.39 is 21.4 Å². The normalized spacial score (nSPS) is 21.4. The molecule has 4 fully saturated rings. The van der Waals surface area contributed by atoms with Crippen LogP contribution in [0.25, 0.3) is 0 Å². The number of halogens is 2. The molecule has 0 bridgehead atoms. The van der Waals surface area contributed by atoms with Crippen molar-refractivity contribution in [1.29, 1.82) is 0 Å². The van der Waals surface area contributed by atoms with Crippen LogP contribution in [0.4, 0.5) is 11.9 Å². The number of benzene rings is 2. The van der Waals surface area contributed by atoms with Gasteiger partial charge in [-0.05, 0) is 130 Å². The van der Waals surface area contributed by atoms with Gasteiger partial charge in [0.05, 0.1) is 46.3 Å². The zero-order chi connectivity index (χ0) is 42.4. The molecular weight excluding hydrogens is 836 g/mol. The number of aryl methyl sites for hydroxylation is 1. The summed E-state index contributed by atoms with van der Waals surface area (Å²) in [6.07, 6.45) is 17.6. The number of piperidine rings is 2. The van der Waals surface area contributed by atoms with Crippen LogP contribution in [-0.2, 0) is 21.4 Å². The molecule has 0 radical (unpaired) electrons. The minimum Gasteiger partial charge on any atom is -0.508 e. The summed E-state index contributed by atoms with van der Waals surface area (Å²) in [7, 11) is -3.13. The minimum absolute atomic E-state index is 0.0670. The first-order chi connectivity index (χ1) is 28.4. The Kier molecular flexibility index (Phi) is 17.7. The highest BCUT2D eigenvalue weighted by atomic mass is 35.5. The van der Waals surface area contributed by atoms with E-state index >= 15 is 0 Å². The third-order valence-electron chi connectivity index (χ3n) is 11.6. The Morgan fingerprint density at radius 3 is 1.56 bits per heavy atom. The first kappa shape index (κ1) is 46.2. The van der Waals surface area contributed by atoms with E-state index in [9.17, 15) is 8.42 Å². The average Bonchev–Trinajstić information content (AvgIpc) is 4.17. The van der Waals surface area contributed by atoms with Crippen LogP contribution >= 0.6 is 23.2 Å². The number of aliphatic hydroxyl groups excluding tert-OH is 1. The predicted octanol–water partition coefficient (Wildman–Crippen LogP) is 7.25. The monoisotopic (exact) mass is 888 g/mol. The molecule has 320 valence electrons. The van der Waals surface area contributed by atoms with Crippen LogP contribution in [0.5, 0.6) is 11.5 Å². The van der Waals surface area contributed by atoms with Crippen molar-refractivity contribution in [2.24, 2.45) is 35.5 Å². The molecule has 17 heteroatoms. The fraction of sp³-hybridized carbons (Fsp3) is 0.524. The first-order valence-corrected chi connectivity index (χ1v) is 23.4. The number of aromatic nitrogens is 4. The molecule has 4 atom stereocenters. The number of anilines is 2. The number of aliphatic hydroxyl groups is 1. The summed E-state index contributed by atoms with van der Waals surface area (Å²) in [4.78, 5) is 22.0. The second-order valence-corrected chi connectivity index (χ2v) is 18.7. The molecule has 2 saturated carbocycles. The Hall–Kier alpha value is -3.89. The van der Waals surface area contributed by atoms with Crippen molar-refractivity contribution in [2.75, 3.05) is 55.4 Å². The summed E-state index contributed by atoms with van der Waals surface area (Å²) < 4.78 is 44.2. The van der Waals surface area contributed by atoms with Gasteiger partial charge in [0.1, 0.15) is 11.5 Å². The van der Waals surface area contributed by atoms with Gasteiger partial charge in [0.2, 0.25) is 11.9 Å². The predicted molar refractivity (Wildman–Crippen MR) is 230 cm³/mol. The molecule has 4 aromatic rings. The van der Waals surface area contributed by atoms with Crippen LogP contribution in [-0.4, -0.2) is 92.6 Å². The van der Waals surface area contributed by atoms with E-state index in [0.29, 0.717) is 16.7 Å². The number of ether oxygens (including phenoxy) is 1. The molecule has 4 heterocycles. The number of aromatic hydroxyl groups is 1. The summed E-state index contributed by atoms with van der Waals surface area (Å²) in [5, 5.41) is 19.0. The van der Waals surface area contributed by atoms with Crippen molar-refractivity contribution < 1.29 is 31.8 Å². The molecule has 59 heavy (non-hydrogen) atoms. The number of rotatable bonds is 11. The van der Waals surface area contributed by atoms with Crippen LogP contribution < -0.4 is 14.5 Å². The van der Waals surface area contributed by atoms with Crippen molar-refractivity contribution in [3.05, 3.63) is 88.9 Å². The van der Waals surface area contributed by atoms with Crippen molar-refractivity contribution in [3.8, 4) is 11.5 Å². The molecule has 2 saturated heterocycles. The summed E-state index contributed by atoms with van der Waals surface area (Å²) >= 11 is 10.9. The summed E-state index contributed by atoms with van der Waals surface area (Å²) in [6, 6.07) is 13.8. The van der Waals surface area contributed by atoms with Crippen LogP contribution in [0.2, 0.25) is 10.0 Å². The highest BCUT2D eigenvalue weighted by molar-refractivity contribution is 7.90. The highest BCUT2D eigenvalue weighted by Crippen LogP contribution is 2.50. The maximum absolute atomic E-state index is 10.9. The molecule has 0 amide bonds. The second kappa shape index (κ2) is 22.6. The summed E-state index contributed by atoms with van der Waals surface area (Å²) in [5.41, 5.74) is 1.27. The van der Waals surface area contributed by atoms with Gasteiger partial charge in [0.15, 0.2) is 9.84 Å². The van der Waals surface area contributed by atoms with Gasteiger partial charge in [-0.25, -0.2) is 28.4 Å². The van der Waals surface area contributed by atoms with Gasteiger partial charge in [0.25, 0.3) is 0 Å². The topological polar surface area (TPSA) is 176 Å².